The summed E-state index contributed by atoms with van der Waals surface area (Å²) >= 11 is 0. The molecule has 1 aromatic heterocycles. The van der Waals surface area contributed by atoms with E-state index >= 15 is 0 Å². The predicted octanol–water partition coefficient (Wildman–Crippen LogP) is 1.78. The molecule has 0 amide bonds. The summed E-state index contributed by atoms with van der Waals surface area (Å²) in [5.74, 6) is 2.77. The van der Waals surface area contributed by atoms with Crippen LogP contribution in [0.25, 0.3) is 11.4 Å². The van der Waals surface area contributed by atoms with Crippen LogP contribution in [0.5, 0.6) is 5.75 Å². The maximum absolute atomic E-state index is 5.49. The molecule has 2 aliphatic rings. The Balaban J connectivity index is 0.00000110. The first kappa shape index (κ1) is 12.4. The minimum Gasteiger partial charge on any atom is -0.493 e. The van der Waals surface area contributed by atoms with Gasteiger partial charge in [-0.2, -0.15) is 4.98 Å². The van der Waals surface area contributed by atoms with Crippen molar-refractivity contribution in [3.63, 3.8) is 0 Å². The Hall–Kier alpha value is -1.59. The summed E-state index contributed by atoms with van der Waals surface area (Å²) in [7, 11) is 0. The topological polar surface area (TPSA) is 60.2 Å². The van der Waals surface area contributed by atoms with Crippen LogP contribution >= 0.6 is 12.4 Å². The van der Waals surface area contributed by atoms with Gasteiger partial charge in [-0.1, -0.05) is 5.16 Å². The third kappa shape index (κ3) is 2.09. The number of ether oxygens (including phenoxy) is 1. The molecule has 0 saturated carbocycles. The summed E-state index contributed by atoms with van der Waals surface area (Å²) in [6.07, 6.45) is 0.959. The second-order valence-electron chi connectivity index (χ2n) is 4.73. The van der Waals surface area contributed by atoms with Crippen molar-refractivity contribution < 1.29 is 9.26 Å². The Bertz CT molecular complexity index is 595. The van der Waals surface area contributed by atoms with Crippen molar-refractivity contribution in [2.45, 2.75) is 12.3 Å². The molecular formula is C13H14ClN3O2. The fraction of sp³-hybridized carbons (Fsp3) is 0.385. The van der Waals surface area contributed by atoms with Gasteiger partial charge in [0, 0.05) is 25.1 Å². The van der Waals surface area contributed by atoms with E-state index in [1.807, 2.05) is 12.1 Å². The fourth-order valence-corrected chi connectivity index (χ4v) is 2.31. The number of halogens is 1. The molecule has 0 bridgehead atoms. The Kier molecular flexibility index (Phi) is 3.16. The molecule has 0 aliphatic carbocycles. The van der Waals surface area contributed by atoms with Crippen molar-refractivity contribution in [2.75, 3.05) is 19.7 Å². The minimum atomic E-state index is 0. The Morgan fingerprint density at radius 3 is 2.95 bits per heavy atom. The van der Waals surface area contributed by atoms with Crippen LogP contribution in [0.4, 0.5) is 0 Å². The van der Waals surface area contributed by atoms with Gasteiger partial charge in [0.1, 0.15) is 5.75 Å². The summed E-state index contributed by atoms with van der Waals surface area (Å²) < 4.78 is 10.8. The third-order valence-electron chi connectivity index (χ3n) is 3.52. The number of hydrogen-bond donors (Lipinski definition) is 1. The number of fused-ring (bicyclic) bond motifs is 1. The Morgan fingerprint density at radius 2 is 2.16 bits per heavy atom. The third-order valence-corrected chi connectivity index (χ3v) is 3.52. The van der Waals surface area contributed by atoms with E-state index in [4.69, 9.17) is 9.26 Å². The highest BCUT2D eigenvalue weighted by atomic mass is 35.5. The fourth-order valence-electron chi connectivity index (χ4n) is 2.31. The predicted molar refractivity (Wildman–Crippen MR) is 71.8 cm³/mol. The average Bonchev–Trinajstić information content (AvgIpc) is 2.93. The number of rotatable bonds is 2. The van der Waals surface area contributed by atoms with Crippen molar-refractivity contribution in [3.8, 4) is 17.1 Å². The van der Waals surface area contributed by atoms with Gasteiger partial charge in [-0.3, -0.25) is 0 Å². The summed E-state index contributed by atoms with van der Waals surface area (Å²) in [5.41, 5.74) is 2.23. The number of benzene rings is 1. The normalized spacial score (nSPS) is 17.3. The molecule has 0 atom stereocenters. The van der Waals surface area contributed by atoms with Crippen LogP contribution in [-0.2, 0) is 6.42 Å². The van der Waals surface area contributed by atoms with Gasteiger partial charge in [0.05, 0.1) is 12.5 Å². The van der Waals surface area contributed by atoms with E-state index in [2.05, 4.69) is 21.5 Å². The summed E-state index contributed by atoms with van der Waals surface area (Å²) in [6.45, 7) is 2.63. The lowest BCUT2D eigenvalue weighted by atomic mass is 10.0. The van der Waals surface area contributed by atoms with Crippen LogP contribution in [0.15, 0.2) is 22.7 Å². The summed E-state index contributed by atoms with van der Waals surface area (Å²) in [5, 5.41) is 7.26. The van der Waals surface area contributed by atoms with Gasteiger partial charge in [-0.05, 0) is 23.8 Å². The molecule has 1 fully saturated rings. The summed E-state index contributed by atoms with van der Waals surface area (Å²) in [4.78, 5) is 4.47. The first-order valence-corrected chi connectivity index (χ1v) is 6.20. The van der Waals surface area contributed by atoms with E-state index in [0.29, 0.717) is 11.7 Å². The second kappa shape index (κ2) is 4.83. The molecule has 1 N–H and O–H groups in total. The van der Waals surface area contributed by atoms with Crippen LogP contribution < -0.4 is 10.1 Å². The maximum atomic E-state index is 5.49. The van der Waals surface area contributed by atoms with E-state index in [1.165, 1.54) is 5.56 Å². The van der Waals surface area contributed by atoms with Crippen molar-refractivity contribution in [1.29, 1.82) is 0 Å². The Morgan fingerprint density at radius 1 is 1.26 bits per heavy atom. The van der Waals surface area contributed by atoms with Gasteiger partial charge >= 0.3 is 0 Å². The molecule has 100 valence electrons. The van der Waals surface area contributed by atoms with E-state index in [-0.39, 0.29) is 12.4 Å². The molecule has 0 unspecified atom stereocenters. The van der Waals surface area contributed by atoms with Crippen molar-refractivity contribution in [3.05, 3.63) is 29.7 Å². The van der Waals surface area contributed by atoms with Crippen molar-refractivity contribution >= 4 is 12.4 Å². The molecule has 2 aliphatic heterocycles. The molecule has 19 heavy (non-hydrogen) atoms. The molecule has 6 heteroatoms. The zero-order chi connectivity index (χ0) is 11.9. The van der Waals surface area contributed by atoms with Crippen LogP contribution in [0.2, 0.25) is 0 Å². The highest BCUT2D eigenvalue weighted by molar-refractivity contribution is 5.85. The highest BCUT2D eigenvalue weighted by Crippen LogP contribution is 2.30. The zero-order valence-electron chi connectivity index (χ0n) is 10.3. The van der Waals surface area contributed by atoms with E-state index in [9.17, 15) is 0 Å². The molecule has 1 saturated heterocycles. The largest absolute Gasteiger partial charge is 0.493 e. The van der Waals surface area contributed by atoms with Crippen LogP contribution in [0.1, 0.15) is 17.4 Å². The molecule has 5 nitrogen and oxygen atoms in total. The number of hydrogen-bond acceptors (Lipinski definition) is 5. The van der Waals surface area contributed by atoms with Crippen LogP contribution in [-0.4, -0.2) is 29.8 Å². The number of nitrogens with zero attached hydrogens (tertiary/aromatic N) is 2. The summed E-state index contributed by atoms with van der Waals surface area (Å²) in [6, 6.07) is 6.06. The first-order chi connectivity index (χ1) is 8.90. The van der Waals surface area contributed by atoms with Gasteiger partial charge in [0.2, 0.25) is 11.7 Å². The Labute approximate surface area is 116 Å². The smallest absolute Gasteiger partial charge is 0.232 e. The van der Waals surface area contributed by atoms with E-state index in [0.717, 1.165) is 43.3 Å². The molecule has 0 radical (unpaired) electrons. The minimum absolute atomic E-state index is 0. The highest BCUT2D eigenvalue weighted by Gasteiger charge is 2.25. The van der Waals surface area contributed by atoms with Crippen LogP contribution in [0.3, 0.4) is 0 Å². The maximum Gasteiger partial charge on any atom is 0.232 e. The van der Waals surface area contributed by atoms with Gasteiger partial charge in [0.25, 0.3) is 0 Å². The lowest BCUT2D eigenvalue weighted by molar-refractivity contribution is 0.308. The lowest BCUT2D eigenvalue weighted by Gasteiger charge is -2.22. The molecule has 2 aromatic rings. The van der Waals surface area contributed by atoms with Crippen molar-refractivity contribution in [1.82, 2.24) is 15.5 Å². The quantitative estimate of drug-likeness (QED) is 0.908. The van der Waals surface area contributed by atoms with Gasteiger partial charge in [-0.25, -0.2) is 0 Å². The second-order valence-corrected chi connectivity index (χ2v) is 4.73. The van der Waals surface area contributed by atoms with Gasteiger partial charge in [0.15, 0.2) is 0 Å². The molecule has 0 spiro atoms. The monoisotopic (exact) mass is 279 g/mol. The number of nitrogens with one attached hydrogen (secondary N) is 1. The molecule has 1 aromatic carbocycles. The van der Waals surface area contributed by atoms with Gasteiger partial charge < -0.3 is 14.6 Å². The number of aromatic nitrogens is 2. The molecular weight excluding hydrogens is 266 g/mol. The molecule has 4 rings (SSSR count). The zero-order valence-corrected chi connectivity index (χ0v) is 11.1. The van der Waals surface area contributed by atoms with Crippen molar-refractivity contribution in [2.24, 2.45) is 0 Å². The van der Waals surface area contributed by atoms with E-state index in [1.54, 1.807) is 0 Å². The standard InChI is InChI=1S/C13H13N3O2.ClH/c1-2-11-8(3-4-17-11)5-9(1)12-15-13(18-16-12)10-6-14-7-10;/h1-2,5,10,14H,3-4,6-7H2;1H. The lowest BCUT2D eigenvalue weighted by Crippen LogP contribution is -2.40. The van der Waals surface area contributed by atoms with Gasteiger partial charge in [-0.15, -0.1) is 12.4 Å². The molecule has 3 heterocycles. The average molecular weight is 280 g/mol. The van der Waals surface area contributed by atoms with Crippen LogP contribution in [0, 0.1) is 0 Å². The first-order valence-electron chi connectivity index (χ1n) is 6.20. The van der Waals surface area contributed by atoms with E-state index < -0.39 is 0 Å². The SMILES string of the molecule is Cl.c1cc2c(cc1-c1noc(C3CNC3)n1)CCO2.